The number of carbonyl (C=O) groups is 1. The molecular weight excluding hydrogens is 472 g/mol. The minimum Gasteiger partial charge on any atom is -0.335 e. The summed E-state index contributed by atoms with van der Waals surface area (Å²) in [5.41, 5.74) is 3.88. The molecule has 4 heterocycles. The van der Waals surface area contributed by atoms with Crippen LogP contribution in [0.3, 0.4) is 0 Å². The van der Waals surface area contributed by atoms with Crippen molar-refractivity contribution in [1.29, 1.82) is 0 Å². The van der Waals surface area contributed by atoms with Crippen LogP contribution in [0.1, 0.15) is 16.1 Å². The summed E-state index contributed by atoms with van der Waals surface area (Å²) in [5, 5.41) is 3.23. The Morgan fingerprint density at radius 3 is 2.26 bits per heavy atom. The van der Waals surface area contributed by atoms with Crippen LogP contribution in [0, 0.1) is 0 Å². The third-order valence-corrected chi connectivity index (χ3v) is 7.62. The molecule has 0 bridgehead atoms. The van der Waals surface area contributed by atoms with Gasteiger partial charge in [-0.1, -0.05) is 78.9 Å². The number of rotatable bonds is 4. The third-order valence-electron chi connectivity index (χ3n) is 7.62. The summed E-state index contributed by atoms with van der Waals surface area (Å²) in [6, 6.07) is 27.6. The van der Waals surface area contributed by atoms with Crippen molar-refractivity contribution in [3.8, 4) is 0 Å². The largest absolute Gasteiger partial charge is 0.335 e. The normalized spacial score (nSPS) is 15.0. The van der Waals surface area contributed by atoms with Crippen LogP contribution >= 0.6 is 0 Å². The van der Waals surface area contributed by atoms with Crippen molar-refractivity contribution in [2.45, 2.75) is 0 Å². The second-order valence-electron chi connectivity index (χ2n) is 9.86. The molecule has 0 radical (unpaired) electrons. The van der Waals surface area contributed by atoms with E-state index in [0.29, 0.717) is 29.7 Å². The average molecular weight is 499 g/mol. The fourth-order valence-corrected chi connectivity index (χ4v) is 5.69. The molecule has 3 aromatic carbocycles. The first-order valence-electron chi connectivity index (χ1n) is 13.0. The van der Waals surface area contributed by atoms with E-state index >= 15 is 0 Å². The topological polar surface area (TPSA) is 57.9 Å². The molecule has 0 spiro atoms. The van der Waals surface area contributed by atoms with Crippen molar-refractivity contribution in [3.63, 3.8) is 0 Å². The van der Waals surface area contributed by atoms with Gasteiger partial charge in [0, 0.05) is 54.3 Å². The maximum atomic E-state index is 13.7. The summed E-state index contributed by atoms with van der Waals surface area (Å²) < 4.78 is 1.76. The minimum atomic E-state index is -0.0613. The van der Waals surface area contributed by atoms with E-state index in [-0.39, 0.29) is 11.5 Å². The number of fused-ring (bicyclic) bond motifs is 5. The number of hydrogen-bond donors (Lipinski definition) is 0. The Hall–Kier alpha value is -4.55. The van der Waals surface area contributed by atoms with Gasteiger partial charge in [-0.15, -0.1) is 0 Å². The monoisotopic (exact) mass is 498 g/mol. The lowest BCUT2D eigenvalue weighted by molar-refractivity contribution is 0.0645. The molecule has 0 atom stereocenters. The molecule has 0 saturated carbocycles. The van der Waals surface area contributed by atoms with E-state index in [1.807, 2.05) is 77.7 Å². The van der Waals surface area contributed by atoms with Gasteiger partial charge in [-0.2, -0.15) is 0 Å². The Balaban J connectivity index is 1.22. The quantitative estimate of drug-likeness (QED) is 0.319. The van der Waals surface area contributed by atoms with Crippen molar-refractivity contribution in [2.24, 2.45) is 0 Å². The smallest absolute Gasteiger partial charge is 0.272 e. The summed E-state index contributed by atoms with van der Waals surface area (Å²) in [7, 11) is 0. The second-order valence-corrected chi connectivity index (χ2v) is 9.86. The van der Waals surface area contributed by atoms with Gasteiger partial charge in [0.15, 0.2) is 0 Å². The first kappa shape index (κ1) is 22.6. The van der Waals surface area contributed by atoms with Crippen LogP contribution in [0.2, 0.25) is 0 Å². The van der Waals surface area contributed by atoms with E-state index in [9.17, 15) is 9.59 Å². The Morgan fingerprint density at radius 1 is 0.789 bits per heavy atom. The lowest BCUT2D eigenvalue weighted by Gasteiger charge is -2.34. The van der Waals surface area contributed by atoms with Gasteiger partial charge in [0.05, 0.1) is 16.6 Å². The number of aromatic nitrogens is 2. The highest BCUT2D eigenvalue weighted by Crippen LogP contribution is 2.33. The fourth-order valence-electron chi connectivity index (χ4n) is 5.69. The third kappa shape index (κ3) is 3.64. The number of amides is 1. The average Bonchev–Trinajstić information content (AvgIpc) is 3.31. The SMILES string of the molecule is O=C(c1cc2c3ccccc3n3c(=O)c4ccccc4c(n1)c23)N1CCN(C/C=C/c2ccccc2)CC1. The molecule has 6 nitrogen and oxygen atoms in total. The van der Waals surface area contributed by atoms with Crippen LogP contribution in [-0.2, 0) is 0 Å². The van der Waals surface area contributed by atoms with Gasteiger partial charge in [-0.25, -0.2) is 4.98 Å². The second kappa shape index (κ2) is 9.08. The fraction of sp³-hybridized carbons (Fsp3) is 0.156. The maximum Gasteiger partial charge on any atom is 0.272 e. The summed E-state index contributed by atoms with van der Waals surface area (Å²) in [4.78, 5) is 36.3. The molecular formula is C32H26N4O2. The van der Waals surface area contributed by atoms with Crippen molar-refractivity contribution >= 4 is 50.1 Å². The van der Waals surface area contributed by atoms with Gasteiger partial charge in [0.1, 0.15) is 5.69 Å². The number of carbonyl (C=O) groups excluding carboxylic acids is 1. The van der Waals surface area contributed by atoms with Gasteiger partial charge in [0.25, 0.3) is 11.5 Å². The molecule has 1 aliphatic heterocycles. The molecule has 7 rings (SSSR count). The van der Waals surface area contributed by atoms with Crippen LogP contribution in [0.4, 0.5) is 0 Å². The predicted octanol–water partition coefficient (Wildman–Crippen LogP) is 5.06. The Kier molecular flexibility index (Phi) is 5.41. The number of nitrogens with zero attached hydrogens (tertiary/aromatic N) is 4. The molecule has 6 aromatic rings. The van der Waals surface area contributed by atoms with Gasteiger partial charge in [0.2, 0.25) is 0 Å². The van der Waals surface area contributed by atoms with E-state index in [1.165, 1.54) is 5.56 Å². The van der Waals surface area contributed by atoms with Gasteiger partial charge in [-0.05, 0) is 23.8 Å². The highest BCUT2D eigenvalue weighted by molar-refractivity contribution is 6.20. The molecule has 1 aliphatic rings. The minimum absolute atomic E-state index is 0.0578. The van der Waals surface area contributed by atoms with Crippen LogP contribution in [0.15, 0.2) is 95.8 Å². The number of pyridine rings is 2. The van der Waals surface area contributed by atoms with Crippen LogP contribution in [0.5, 0.6) is 0 Å². The summed E-state index contributed by atoms with van der Waals surface area (Å²) in [5.74, 6) is -0.0613. The molecule has 38 heavy (non-hydrogen) atoms. The summed E-state index contributed by atoms with van der Waals surface area (Å²) in [6.45, 7) is 3.80. The zero-order chi connectivity index (χ0) is 25.6. The van der Waals surface area contributed by atoms with E-state index in [2.05, 4.69) is 29.2 Å². The molecule has 6 heteroatoms. The Bertz CT molecular complexity index is 1900. The first-order chi connectivity index (χ1) is 18.7. The van der Waals surface area contributed by atoms with Crippen LogP contribution < -0.4 is 5.56 Å². The van der Waals surface area contributed by atoms with Crippen molar-refractivity contribution in [2.75, 3.05) is 32.7 Å². The Morgan fingerprint density at radius 2 is 1.47 bits per heavy atom. The molecule has 1 saturated heterocycles. The van der Waals surface area contributed by atoms with Crippen LogP contribution in [0.25, 0.3) is 44.2 Å². The molecule has 0 unspecified atom stereocenters. The van der Waals surface area contributed by atoms with E-state index < -0.39 is 0 Å². The number of benzene rings is 3. The zero-order valence-corrected chi connectivity index (χ0v) is 20.9. The standard InChI is InChI=1S/C32H26N4O2/c37-31-25-14-5-4-13-24(25)29-30-26(23-12-6-7-15-28(23)36(30)31)21-27(33-29)32(38)35-19-17-34(18-20-35)16-8-11-22-9-2-1-3-10-22/h1-15,21H,16-20H2/b11-8+. The predicted molar refractivity (Wildman–Crippen MR) is 153 cm³/mol. The van der Waals surface area contributed by atoms with Crippen LogP contribution in [-0.4, -0.2) is 57.8 Å². The number of para-hydroxylation sites is 1. The summed E-state index contributed by atoms with van der Waals surface area (Å²) in [6.07, 6.45) is 4.32. The van der Waals surface area contributed by atoms with E-state index in [1.54, 1.807) is 4.40 Å². The lowest BCUT2D eigenvalue weighted by atomic mass is 10.1. The lowest BCUT2D eigenvalue weighted by Crippen LogP contribution is -2.48. The molecule has 1 fully saturated rings. The molecule has 0 aliphatic carbocycles. The molecule has 0 N–H and O–H groups in total. The van der Waals surface area contributed by atoms with E-state index in [4.69, 9.17) is 4.98 Å². The van der Waals surface area contributed by atoms with Crippen molar-refractivity contribution in [1.82, 2.24) is 19.2 Å². The van der Waals surface area contributed by atoms with E-state index in [0.717, 1.165) is 46.8 Å². The first-order valence-corrected chi connectivity index (χ1v) is 13.0. The highest BCUT2D eigenvalue weighted by Gasteiger charge is 2.25. The zero-order valence-electron chi connectivity index (χ0n) is 20.9. The molecule has 1 amide bonds. The Labute approximate surface area is 219 Å². The molecule has 186 valence electrons. The number of piperazine rings is 1. The van der Waals surface area contributed by atoms with Gasteiger partial charge in [-0.3, -0.25) is 18.9 Å². The van der Waals surface area contributed by atoms with Crippen molar-refractivity contribution in [3.05, 3.63) is 113 Å². The highest BCUT2D eigenvalue weighted by atomic mass is 16.2. The molecule has 3 aromatic heterocycles. The maximum absolute atomic E-state index is 13.7. The summed E-state index contributed by atoms with van der Waals surface area (Å²) >= 11 is 0. The number of hydrogen-bond acceptors (Lipinski definition) is 4. The van der Waals surface area contributed by atoms with Gasteiger partial charge >= 0.3 is 0 Å². The van der Waals surface area contributed by atoms with Gasteiger partial charge < -0.3 is 4.90 Å². The van der Waals surface area contributed by atoms with Crippen molar-refractivity contribution < 1.29 is 4.79 Å².